The largest absolute Gasteiger partial charge is 0.491 e. The zero-order chi connectivity index (χ0) is 21.0. The first-order valence-corrected chi connectivity index (χ1v) is 11.0. The number of aryl methyl sites for hydroxylation is 2. The third-order valence-electron chi connectivity index (χ3n) is 4.84. The molecule has 3 rings (SSSR count). The Kier molecular flexibility index (Phi) is 6.90. The molecule has 0 aliphatic carbocycles. The van der Waals surface area contributed by atoms with Crippen molar-refractivity contribution >= 4 is 28.8 Å². The fourth-order valence-corrected chi connectivity index (χ4v) is 4.51. The summed E-state index contributed by atoms with van der Waals surface area (Å²) in [5.41, 5.74) is 1.77. The van der Waals surface area contributed by atoms with Crippen molar-refractivity contribution in [2.24, 2.45) is 5.92 Å². The number of hydrogen-bond acceptors (Lipinski definition) is 5. The molecule has 2 heterocycles. The number of nitrogens with zero attached hydrogens (tertiary/aromatic N) is 2. The smallest absolute Gasteiger partial charge is 0.227 e. The number of anilines is 1. The van der Waals surface area contributed by atoms with E-state index >= 15 is 0 Å². The van der Waals surface area contributed by atoms with Crippen molar-refractivity contribution < 1.29 is 14.3 Å². The summed E-state index contributed by atoms with van der Waals surface area (Å²) in [6.45, 7) is 8.92. The molecule has 2 aromatic rings. The number of benzene rings is 1. The van der Waals surface area contributed by atoms with Crippen molar-refractivity contribution in [2.75, 3.05) is 11.4 Å². The second-order valence-corrected chi connectivity index (χ2v) is 8.82. The Bertz CT molecular complexity index is 861. The summed E-state index contributed by atoms with van der Waals surface area (Å²) >= 11 is 1.66. The Balaban J connectivity index is 1.57. The highest BCUT2D eigenvalue weighted by molar-refractivity contribution is 7.11. The molecule has 1 saturated heterocycles. The maximum Gasteiger partial charge on any atom is 0.227 e. The summed E-state index contributed by atoms with van der Waals surface area (Å²) < 4.78 is 5.65. The van der Waals surface area contributed by atoms with Gasteiger partial charge >= 0.3 is 0 Å². The monoisotopic (exact) mass is 415 g/mol. The van der Waals surface area contributed by atoms with Gasteiger partial charge in [0.1, 0.15) is 5.75 Å². The summed E-state index contributed by atoms with van der Waals surface area (Å²) in [5, 5.41) is 4.11. The van der Waals surface area contributed by atoms with E-state index in [0.29, 0.717) is 13.1 Å². The van der Waals surface area contributed by atoms with E-state index in [-0.39, 0.29) is 30.3 Å². The molecule has 7 heteroatoms. The van der Waals surface area contributed by atoms with Crippen LogP contribution in [0.5, 0.6) is 5.75 Å². The van der Waals surface area contributed by atoms with E-state index < -0.39 is 0 Å². The lowest BCUT2D eigenvalue weighted by Gasteiger charge is -2.18. The molecule has 1 atom stereocenters. The SMILES string of the molecule is CCCc1nc(C)c(CNC(=O)C2CC(=O)N(c3ccc(OC(C)C)cc3)C2)s1. The highest BCUT2D eigenvalue weighted by atomic mass is 32.1. The fourth-order valence-electron chi connectivity index (χ4n) is 3.39. The summed E-state index contributed by atoms with van der Waals surface area (Å²) in [6, 6.07) is 7.45. The molecule has 0 saturated carbocycles. The van der Waals surface area contributed by atoms with Crippen LogP contribution >= 0.6 is 11.3 Å². The quantitative estimate of drug-likeness (QED) is 0.711. The lowest BCUT2D eigenvalue weighted by atomic mass is 10.1. The van der Waals surface area contributed by atoms with Crippen LogP contribution < -0.4 is 15.0 Å². The standard InChI is InChI=1S/C22H29N3O3S/c1-5-6-20-24-15(4)19(29-20)12-23-22(27)16-11-21(26)25(13-16)17-7-9-18(10-8-17)28-14(2)3/h7-10,14,16H,5-6,11-13H2,1-4H3,(H,23,27). The molecule has 1 N–H and O–H groups in total. The third-order valence-corrected chi connectivity index (χ3v) is 6.06. The summed E-state index contributed by atoms with van der Waals surface area (Å²) in [6.07, 6.45) is 2.36. The minimum absolute atomic E-state index is 0.0260. The molecule has 0 bridgehead atoms. The van der Waals surface area contributed by atoms with Gasteiger partial charge in [-0.15, -0.1) is 11.3 Å². The molecule has 2 amide bonds. The predicted molar refractivity (Wildman–Crippen MR) is 115 cm³/mol. The molecule has 156 valence electrons. The molecule has 0 spiro atoms. The first-order chi connectivity index (χ1) is 13.9. The number of thiazole rings is 1. The average Bonchev–Trinajstić information content (AvgIpc) is 3.23. The number of carbonyl (C=O) groups is 2. The van der Waals surface area contributed by atoms with E-state index in [4.69, 9.17) is 4.74 Å². The van der Waals surface area contributed by atoms with Crippen LogP contribution in [0, 0.1) is 12.8 Å². The molecule has 1 aromatic carbocycles. The number of carbonyl (C=O) groups excluding carboxylic acids is 2. The summed E-state index contributed by atoms with van der Waals surface area (Å²) in [7, 11) is 0. The van der Waals surface area contributed by atoms with Crippen molar-refractivity contribution in [1.82, 2.24) is 10.3 Å². The van der Waals surface area contributed by atoms with Crippen molar-refractivity contribution in [3.05, 3.63) is 39.8 Å². The van der Waals surface area contributed by atoms with Gasteiger partial charge in [0.25, 0.3) is 0 Å². The summed E-state index contributed by atoms with van der Waals surface area (Å²) in [5.74, 6) is 0.330. The molecule has 0 radical (unpaired) electrons. The predicted octanol–water partition coefficient (Wildman–Crippen LogP) is 3.86. The fraction of sp³-hybridized carbons (Fsp3) is 0.500. The molecule has 1 aliphatic rings. The lowest BCUT2D eigenvalue weighted by Crippen LogP contribution is -2.32. The van der Waals surface area contributed by atoms with Gasteiger partial charge in [0.2, 0.25) is 11.8 Å². The highest BCUT2D eigenvalue weighted by Gasteiger charge is 2.35. The van der Waals surface area contributed by atoms with Crippen molar-refractivity contribution in [3.63, 3.8) is 0 Å². The first kappa shape index (κ1) is 21.3. The maximum atomic E-state index is 12.6. The van der Waals surface area contributed by atoms with Crippen molar-refractivity contribution in [2.45, 2.75) is 59.6 Å². The van der Waals surface area contributed by atoms with Crippen LogP contribution in [0.4, 0.5) is 5.69 Å². The molecule has 1 unspecified atom stereocenters. The second-order valence-electron chi connectivity index (χ2n) is 7.65. The average molecular weight is 416 g/mol. The van der Waals surface area contributed by atoms with Crippen LogP contribution in [0.25, 0.3) is 0 Å². The van der Waals surface area contributed by atoms with E-state index in [2.05, 4.69) is 17.2 Å². The van der Waals surface area contributed by atoms with Crippen LogP contribution in [-0.2, 0) is 22.6 Å². The van der Waals surface area contributed by atoms with E-state index in [0.717, 1.165) is 39.9 Å². The van der Waals surface area contributed by atoms with E-state index in [1.54, 1.807) is 16.2 Å². The summed E-state index contributed by atoms with van der Waals surface area (Å²) in [4.78, 5) is 32.4. The van der Waals surface area contributed by atoms with Crippen molar-refractivity contribution in [1.29, 1.82) is 0 Å². The van der Waals surface area contributed by atoms with Crippen LogP contribution in [0.1, 0.15) is 49.2 Å². The molecule has 6 nitrogen and oxygen atoms in total. The Morgan fingerprint density at radius 3 is 2.72 bits per heavy atom. The van der Waals surface area contributed by atoms with Gasteiger partial charge < -0.3 is 15.0 Å². The molecule has 1 fully saturated rings. The molecule has 1 aromatic heterocycles. The molecular weight excluding hydrogens is 386 g/mol. The number of rotatable bonds is 8. The number of hydrogen-bond donors (Lipinski definition) is 1. The molecular formula is C22H29N3O3S. The normalized spacial score (nSPS) is 16.5. The topological polar surface area (TPSA) is 71.5 Å². The lowest BCUT2D eigenvalue weighted by molar-refractivity contribution is -0.126. The Morgan fingerprint density at radius 1 is 1.34 bits per heavy atom. The number of ether oxygens (including phenoxy) is 1. The Morgan fingerprint density at radius 2 is 2.07 bits per heavy atom. The molecule has 1 aliphatic heterocycles. The maximum absolute atomic E-state index is 12.6. The zero-order valence-electron chi connectivity index (χ0n) is 17.5. The number of nitrogens with one attached hydrogen (secondary N) is 1. The molecule has 29 heavy (non-hydrogen) atoms. The van der Waals surface area contributed by atoms with Crippen LogP contribution in [-0.4, -0.2) is 29.4 Å². The van der Waals surface area contributed by atoms with Gasteiger partial charge in [0.15, 0.2) is 0 Å². The van der Waals surface area contributed by atoms with Gasteiger partial charge in [-0.3, -0.25) is 9.59 Å². The minimum Gasteiger partial charge on any atom is -0.491 e. The van der Waals surface area contributed by atoms with Gasteiger partial charge in [-0.1, -0.05) is 6.92 Å². The van der Waals surface area contributed by atoms with Gasteiger partial charge in [0.05, 0.1) is 29.3 Å². The van der Waals surface area contributed by atoms with E-state index in [1.165, 1.54) is 0 Å². The first-order valence-electron chi connectivity index (χ1n) is 10.2. The van der Waals surface area contributed by atoms with Crippen LogP contribution in [0.3, 0.4) is 0 Å². The Labute approximate surface area is 176 Å². The van der Waals surface area contributed by atoms with Gasteiger partial charge in [0, 0.05) is 23.5 Å². The number of amides is 2. The minimum atomic E-state index is -0.336. The van der Waals surface area contributed by atoms with Crippen LogP contribution in [0.2, 0.25) is 0 Å². The van der Waals surface area contributed by atoms with Gasteiger partial charge in [-0.25, -0.2) is 4.98 Å². The van der Waals surface area contributed by atoms with Crippen LogP contribution in [0.15, 0.2) is 24.3 Å². The Hall–Kier alpha value is -2.41. The highest BCUT2D eigenvalue weighted by Crippen LogP contribution is 2.27. The van der Waals surface area contributed by atoms with Gasteiger partial charge in [-0.2, -0.15) is 0 Å². The van der Waals surface area contributed by atoms with Crippen molar-refractivity contribution in [3.8, 4) is 5.75 Å². The third kappa shape index (κ3) is 5.35. The zero-order valence-corrected chi connectivity index (χ0v) is 18.3. The van der Waals surface area contributed by atoms with E-state index in [1.807, 2.05) is 45.0 Å². The van der Waals surface area contributed by atoms with Gasteiger partial charge in [-0.05, 0) is 57.9 Å². The second kappa shape index (κ2) is 9.39. The number of aromatic nitrogens is 1. The van der Waals surface area contributed by atoms with E-state index in [9.17, 15) is 9.59 Å².